The van der Waals surface area contributed by atoms with Crippen molar-refractivity contribution in [1.29, 1.82) is 0 Å². The number of anilines is 1. The molecule has 1 aromatic carbocycles. The fourth-order valence-electron chi connectivity index (χ4n) is 2.79. The third kappa shape index (κ3) is 3.59. The summed E-state index contributed by atoms with van der Waals surface area (Å²) in [6, 6.07) is 7.57. The van der Waals surface area contributed by atoms with Crippen molar-refractivity contribution in [3.8, 4) is 5.75 Å². The second-order valence-corrected chi connectivity index (χ2v) is 6.06. The lowest BCUT2D eigenvalue weighted by Gasteiger charge is -2.26. The standard InChI is InChI=1S/C17H17ClFN3O2/c18-15-8-11(16(20)23)9-21-17(15)22-7-1-2-13(22)10-24-14-5-3-12(19)4-6-14/h3-6,8-9,13H,1-2,7,10H2,(H2,20,23). The van der Waals surface area contributed by atoms with Crippen LogP contribution in [-0.2, 0) is 0 Å². The van der Waals surface area contributed by atoms with Crippen molar-refractivity contribution in [2.75, 3.05) is 18.1 Å². The summed E-state index contributed by atoms with van der Waals surface area (Å²) in [6.07, 6.45) is 3.36. The zero-order chi connectivity index (χ0) is 17.1. The molecule has 5 nitrogen and oxygen atoms in total. The van der Waals surface area contributed by atoms with Crippen LogP contribution in [0.2, 0.25) is 5.02 Å². The van der Waals surface area contributed by atoms with Gasteiger partial charge in [-0.05, 0) is 43.2 Å². The summed E-state index contributed by atoms with van der Waals surface area (Å²) >= 11 is 6.26. The van der Waals surface area contributed by atoms with Gasteiger partial charge in [0.15, 0.2) is 0 Å². The van der Waals surface area contributed by atoms with Crippen molar-refractivity contribution >= 4 is 23.3 Å². The van der Waals surface area contributed by atoms with Crippen molar-refractivity contribution in [3.05, 3.63) is 52.9 Å². The number of amides is 1. The van der Waals surface area contributed by atoms with E-state index in [1.165, 1.54) is 24.4 Å². The Morgan fingerprint density at radius 3 is 2.83 bits per heavy atom. The number of carbonyl (C=O) groups excluding carboxylic acids is 1. The van der Waals surface area contributed by atoms with Crippen molar-refractivity contribution in [3.63, 3.8) is 0 Å². The fraction of sp³-hybridized carbons (Fsp3) is 0.294. The van der Waals surface area contributed by atoms with Gasteiger partial charge in [-0.1, -0.05) is 11.6 Å². The van der Waals surface area contributed by atoms with Crippen LogP contribution in [0, 0.1) is 5.82 Å². The average molecular weight is 350 g/mol. The summed E-state index contributed by atoms with van der Waals surface area (Å²) in [7, 11) is 0. The van der Waals surface area contributed by atoms with Crippen LogP contribution in [0.4, 0.5) is 10.2 Å². The van der Waals surface area contributed by atoms with Crippen LogP contribution in [0.25, 0.3) is 0 Å². The Morgan fingerprint density at radius 1 is 1.42 bits per heavy atom. The molecule has 1 fully saturated rings. The molecule has 24 heavy (non-hydrogen) atoms. The van der Waals surface area contributed by atoms with Gasteiger partial charge in [-0.3, -0.25) is 4.79 Å². The van der Waals surface area contributed by atoms with Crippen molar-refractivity contribution in [2.24, 2.45) is 5.73 Å². The maximum absolute atomic E-state index is 12.9. The van der Waals surface area contributed by atoms with Crippen molar-refractivity contribution in [1.82, 2.24) is 4.98 Å². The van der Waals surface area contributed by atoms with Crippen LogP contribution in [0.15, 0.2) is 36.5 Å². The maximum Gasteiger partial charge on any atom is 0.250 e. The molecule has 126 valence electrons. The predicted octanol–water partition coefficient (Wildman–Crippen LogP) is 3.02. The second kappa shape index (κ2) is 7.05. The van der Waals surface area contributed by atoms with Crippen LogP contribution in [0.3, 0.4) is 0 Å². The van der Waals surface area contributed by atoms with Gasteiger partial charge in [0.25, 0.3) is 0 Å². The van der Waals surface area contributed by atoms with Gasteiger partial charge in [0.1, 0.15) is 24.0 Å². The van der Waals surface area contributed by atoms with Crippen LogP contribution in [0.1, 0.15) is 23.2 Å². The minimum Gasteiger partial charge on any atom is -0.491 e. The summed E-state index contributed by atoms with van der Waals surface area (Å²) in [4.78, 5) is 17.5. The summed E-state index contributed by atoms with van der Waals surface area (Å²) in [6.45, 7) is 1.25. The molecule has 0 aliphatic carbocycles. The van der Waals surface area contributed by atoms with Crippen molar-refractivity contribution < 1.29 is 13.9 Å². The van der Waals surface area contributed by atoms with E-state index in [1.54, 1.807) is 12.1 Å². The minimum absolute atomic E-state index is 0.111. The molecule has 2 N–H and O–H groups in total. The molecule has 1 amide bonds. The molecule has 7 heteroatoms. The van der Waals surface area contributed by atoms with Gasteiger partial charge in [0.2, 0.25) is 5.91 Å². The van der Waals surface area contributed by atoms with Crippen LogP contribution < -0.4 is 15.4 Å². The summed E-state index contributed by atoms with van der Waals surface area (Å²) in [5.41, 5.74) is 5.52. The Labute approximate surface area is 144 Å². The third-order valence-electron chi connectivity index (χ3n) is 4.01. The Kier molecular flexibility index (Phi) is 4.85. The lowest BCUT2D eigenvalue weighted by Crippen LogP contribution is -2.35. The number of halogens is 2. The van der Waals surface area contributed by atoms with Gasteiger partial charge in [-0.2, -0.15) is 0 Å². The lowest BCUT2D eigenvalue weighted by molar-refractivity contribution is 0.1000. The summed E-state index contributed by atoms with van der Waals surface area (Å²) in [5.74, 6) is 0.377. The number of nitrogens with two attached hydrogens (primary N) is 1. The molecule has 0 spiro atoms. The van der Waals surface area contributed by atoms with Gasteiger partial charge in [-0.25, -0.2) is 9.37 Å². The smallest absolute Gasteiger partial charge is 0.250 e. The Bertz CT molecular complexity index is 739. The topological polar surface area (TPSA) is 68.5 Å². The number of ether oxygens (including phenoxy) is 1. The molecule has 1 aliphatic heterocycles. The highest BCUT2D eigenvalue weighted by molar-refractivity contribution is 6.33. The molecule has 1 saturated heterocycles. The van der Waals surface area contributed by atoms with Crippen molar-refractivity contribution in [2.45, 2.75) is 18.9 Å². The first-order chi connectivity index (χ1) is 11.5. The molecule has 1 atom stereocenters. The van der Waals surface area contributed by atoms with E-state index in [1.807, 2.05) is 0 Å². The van der Waals surface area contributed by atoms with Gasteiger partial charge < -0.3 is 15.4 Å². The number of aromatic nitrogens is 1. The molecule has 2 heterocycles. The third-order valence-corrected chi connectivity index (χ3v) is 4.29. The zero-order valence-electron chi connectivity index (χ0n) is 12.9. The molecule has 1 aromatic heterocycles. The molecule has 2 aromatic rings. The molecule has 0 radical (unpaired) electrons. The van der Waals surface area contributed by atoms with E-state index in [9.17, 15) is 9.18 Å². The Morgan fingerprint density at radius 2 is 2.17 bits per heavy atom. The number of nitrogens with zero attached hydrogens (tertiary/aromatic N) is 2. The molecular formula is C17H17ClFN3O2. The molecular weight excluding hydrogens is 333 g/mol. The van der Waals surface area contributed by atoms with E-state index in [0.717, 1.165) is 19.4 Å². The van der Waals surface area contributed by atoms with Gasteiger partial charge in [0, 0.05) is 12.7 Å². The monoisotopic (exact) mass is 349 g/mol. The highest BCUT2D eigenvalue weighted by atomic mass is 35.5. The number of carbonyl (C=O) groups is 1. The average Bonchev–Trinajstić information content (AvgIpc) is 3.02. The first-order valence-corrected chi connectivity index (χ1v) is 8.03. The van der Waals surface area contributed by atoms with Gasteiger partial charge >= 0.3 is 0 Å². The Hall–Kier alpha value is -2.34. The van der Waals surface area contributed by atoms with E-state index in [2.05, 4.69) is 9.88 Å². The highest BCUT2D eigenvalue weighted by Gasteiger charge is 2.28. The van der Waals surface area contributed by atoms with Crippen LogP contribution in [0.5, 0.6) is 5.75 Å². The first-order valence-electron chi connectivity index (χ1n) is 7.65. The molecule has 0 bridgehead atoms. The number of hydrogen-bond donors (Lipinski definition) is 1. The SMILES string of the molecule is NC(=O)c1cnc(N2CCCC2COc2ccc(F)cc2)c(Cl)c1. The number of hydrogen-bond acceptors (Lipinski definition) is 4. The first kappa shape index (κ1) is 16.5. The molecule has 1 aliphatic rings. The number of primary amides is 1. The van der Waals surface area contributed by atoms with Gasteiger partial charge in [0.05, 0.1) is 16.6 Å². The summed E-state index contributed by atoms with van der Waals surface area (Å²) in [5, 5.41) is 0.389. The molecule has 0 saturated carbocycles. The number of pyridine rings is 1. The van der Waals surface area contributed by atoms with E-state index in [-0.39, 0.29) is 17.4 Å². The Balaban J connectivity index is 1.71. The second-order valence-electron chi connectivity index (χ2n) is 5.65. The minimum atomic E-state index is -0.562. The largest absolute Gasteiger partial charge is 0.491 e. The highest BCUT2D eigenvalue weighted by Crippen LogP contribution is 2.30. The molecule has 1 unspecified atom stereocenters. The number of benzene rings is 1. The van der Waals surface area contributed by atoms with E-state index in [0.29, 0.717) is 23.2 Å². The lowest BCUT2D eigenvalue weighted by atomic mass is 10.2. The molecule has 3 rings (SSSR count). The van der Waals surface area contributed by atoms with Crippen LogP contribution >= 0.6 is 11.6 Å². The van der Waals surface area contributed by atoms with Gasteiger partial charge in [-0.15, -0.1) is 0 Å². The fourth-order valence-corrected chi connectivity index (χ4v) is 3.06. The van der Waals surface area contributed by atoms with E-state index < -0.39 is 5.91 Å². The quantitative estimate of drug-likeness (QED) is 0.901. The van der Waals surface area contributed by atoms with Crippen LogP contribution in [-0.4, -0.2) is 30.1 Å². The number of rotatable bonds is 5. The van der Waals surface area contributed by atoms with E-state index >= 15 is 0 Å². The van der Waals surface area contributed by atoms with E-state index in [4.69, 9.17) is 22.1 Å². The predicted molar refractivity (Wildman–Crippen MR) is 90.0 cm³/mol. The zero-order valence-corrected chi connectivity index (χ0v) is 13.7. The normalized spacial score (nSPS) is 17.1. The summed E-state index contributed by atoms with van der Waals surface area (Å²) < 4.78 is 18.7. The maximum atomic E-state index is 12.9.